The summed E-state index contributed by atoms with van der Waals surface area (Å²) in [5, 5.41) is 2.19. The third-order valence-corrected chi connectivity index (χ3v) is 5.24. The van der Waals surface area contributed by atoms with E-state index in [2.05, 4.69) is 12.1 Å². The molecule has 5 aromatic rings. The van der Waals surface area contributed by atoms with E-state index in [4.69, 9.17) is 9.72 Å². The second-order valence-electron chi connectivity index (χ2n) is 7.16. The van der Waals surface area contributed by atoms with Crippen molar-refractivity contribution >= 4 is 27.6 Å². The lowest BCUT2D eigenvalue weighted by Gasteiger charge is -2.12. The van der Waals surface area contributed by atoms with E-state index in [0.29, 0.717) is 5.56 Å². The number of hydrogen-bond acceptors (Lipinski definition) is 3. The molecule has 0 saturated carbocycles. The van der Waals surface area contributed by atoms with Crippen molar-refractivity contribution in [3.05, 3.63) is 108 Å². The van der Waals surface area contributed by atoms with Gasteiger partial charge in [-0.05, 0) is 23.6 Å². The summed E-state index contributed by atoms with van der Waals surface area (Å²) in [4.78, 5) is 17.6. The van der Waals surface area contributed by atoms with E-state index in [1.54, 1.807) is 0 Å². The van der Waals surface area contributed by atoms with E-state index in [0.717, 1.165) is 33.4 Å². The molecule has 0 unspecified atom stereocenters. The molecule has 0 saturated heterocycles. The Kier molecular flexibility index (Phi) is 4.74. The molecule has 0 aliphatic carbocycles. The average Bonchev–Trinajstić information content (AvgIpc) is 3.15. The number of Topliss-reactive ketones (excluding diaryl/α,β-unsaturated/α-hetero) is 1. The number of para-hydroxylation sites is 2. The third kappa shape index (κ3) is 3.44. The monoisotopic (exact) mass is 392 g/mol. The molecular weight excluding hydrogens is 372 g/mol. The van der Waals surface area contributed by atoms with Crippen LogP contribution in [0.4, 0.5) is 0 Å². The van der Waals surface area contributed by atoms with Gasteiger partial charge in [0, 0.05) is 10.9 Å². The molecule has 0 fully saturated rings. The Balaban J connectivity index is 1.48. The maximum absolute atomic E-state index is 12.9. The predicted molar refractivity (Wildman–Crippen MR) is 119 cm³/mol. The SMILES string of the molecule is O=C(Cn1c(COc2cccc3ccccc23)nc2ccccc21)c1ccccc1. The Morgan fingerprint density at radius 2 is 1.53 bits per heavy atom. The Hall–Kier alpha value is -3.92. The molecule has 0 bridgehead atoms. The van der Waals surface area contributed by atoms with Crippen LogP contribution in [0.1, 0.15) is 16.2 Å². The second-order valence-corrected chi connectivity index (χ2v) is 7.16. The van der Waals surface area contributed by atoms with Gasteiger partial charge in [0.05, 0.1) is 17.6 Å². The van der Waals surface area contributed by atoms with E-state index in [1.807, 2.05) is 89.5 Å². The highest BCUT2D eigenvalue weighted by atomic mass is 16.5. The summed E-state index contributed by atoms with van der Waals surface area (Å²) < 4.78 is 8.12. The van der Waals surface area contributed by atoms with Crippen molar-refractivity contribution in [1.82, 2.24) is 9.55 Å². The number of hydrogen-bond donors (Lipinski definition) is 0. The Bertz CT molecular complexity index is 1330. The minimum Gasteiger partial charge on any atom is -0.485 e. The molecule has 0 amide bonds. The Morgan fingerprint density at radius 3 is 2.43 bits per heavy atom. The predicted octanol–water partition coefficient (Wildman–Crippen LogP) is 5.65. The van der Waals surface area contributed by atoms with Gasteiger partial charge in [-0.15, -0.1) is 0 Å². The summed E-state index contributed by atoms with van der Waals surface area (Å²) in [6, 6.07) is 31.4. The minimum absolute atomic E-state index is 0.0464. The summed E-state index contributed by atoms with van der Waals surface area (Å²) >= 11 is 0. The number of fused-ring (bicyclic) bond motifs is 2. The number of ketones is 1. The van der Waals surface area contributed by atoms with Gasteiger partial charge in [-0.1, -0.05) is 78.9 Å². The van der Waals surface area contributed by atoms with E-state index in [-0.39, 0.29) is 18.9 Å². The second kappa shape index (κ2) is 7.84. The van der Waals surface area contributed by atoms with Crippen molar-refractivity contribution in [3.8, 4) is 5.75 Å². The van der Waals surface area contributed by atoms with Crippen LogP contribution in [0.3, 0.4) is 0 Å². The number of benzene rings is 4. The minimum atomic E-state index is 0.0464. The van der Waals surface area contributed by atoms with E-state index >= 15 is 0 Å². The zero-order valence-corrected chi connectivity index (χ0v) is 16.4. The summed E-state index contributed by atoms with van der Waals surface area (Å²) in [5.41, 5.74) is 2.48. The molecule has 0 aliphatic rings. The van der Waals surface area contributed by atoms with Gasteiger partial charge >= 0.3 is 0 Å². The highest BCUT2D eigenvalue weighted by Crippen LogP contribution is 2.26. The van der Waals surface area contributed by atoms with Gasteiger partial charge in [0.1, 0.15) is 18.2 Å². The molecule has 0 radical (unpaired) electrons. The summed E-state index contributed by atoms with van der Waals surface area (Å²) in [6.07, 6.45) is 0. The number of carbonyl (C=O) groups is 1. The van der Waals surface area contributed by atoms with Crippen LogP contribution in [-0.4, -0.2) is 15.3 Å². The lowest BCUT2D eigenvalue weighted by Crippen LogP contribution is -2.14. The molecule has 0 atom stereocenters. The van der Waals surface area contributed by atoms with E-state index in [1.165, 1.54) is 0 Å². The number of nitrogens with zero attached hydrogens (tertiary/aromatic N) is 2. The summed E-state index contributed by atoms with van der Waals surface area (Å²) in [7, 11) is 0. The van der Waals surface area contributed by atoms with Gasteiger partial charge in [-0.2, -0.15) is 0 Å². The van der Waals surface area contributed by atoms with Gasteiger partial charge in [0.25, 0.3) is 0 Å². The molecule has 4 heteroatoms. The highest BCUT2D eigenvalue weighted by molar-refractivity contribution is 5.96. The van der Waals surface area contributed by atoms with Gasteiger partial charge in [0.15, 0.2) is 5.78 Å². The standard InChI is InChI=1S/C26H20N2O2/c29-24(20-10-2-1-3-11-20)17-28-23-15-7-6-14-22(23)27-26(28)18-30-25-16-8-12-19-9-4-5-13-21(19)25/h1-16H,17-18H2. The van der Waals surface area contributed by atoms with Crippen molar-refractivity contribution in [1.29, 1.82) is 0 Å². The first-order valence-electron chi connectivity index (χ1n) is 9.92. The molecule has 4 aromatic carbocycles. The molecular formula is C26H20N2O2. The number of aromatic nitrogens is 2. The molecule has 1 heterocycles. The first-order chi connectivity index (χ1) is 14.8. The van der Waals surface area contributed by atoms with Crippen molar-refractivity contribution in [2.24, 2.45) is 0 Å². The zero-order valence-electron chi connectivity index (χ0n) is 16.4. The third-order valence-electron chi connectivity index (χ3n) is 5.24. The lowest BCUT2D eigenvalue weighted by atomic mass is 10.1. The van der Waals surface area contributed by atoms with Gasteiger partial charge in [-0.25, -0.2) is 4.98 Å². The number of carbonyl (C=O) groups excluding carboxylic acids is 1. The van der Waals surface area contributed by atoms with E-state index in [9.17, 15) is 4.79 Å². The van der Waals surface area contributed by atoms with Crippen LogP contribution in [0.5, 0.6) is 5.75 Å². The first-order valence-corrected chi connectivity index (χ1v) is 9.92. The fourth-order valence-electron chi connectivity index (χ4n) is 3.73. The van der Waals surface area contributed by atoms with E-state index < -0.39 is 0 Å². The quantitative estimate of drug-likeness (QED) is 0.351. The van der Waals surface area contributed by atoms with Crippen molar-refractivity contribution in [2.45, 2.75) is 13.2 Å². The molecule has 0 spiro atoms. The number of imidazole rings is 1. The lowest BCUT2D eigenvalue weighted by molar-refractivity contribution is 0.0971. The molecule has 0 aliphatic heterocycles. The maximum atomic E-state index is 12.9. The van der Waals surface area contributed by atoms with Crippen molar-refractivity contribution < 1.29 is 9.53 Å². The molecule has 4 nitrogen and oxygen atoms in total. The number of ether oxygens (including phenoxy) is 1. The Labute approximate surface area is 174 Å². The summed E-state index contributed by atoms with van der Waals surface area (Å²) in [5.74, 6) is 1.58. The van der Waals surface area contributed by atoms with Crippen LogP contribution in [0, 0.1) is 0 Å². The molecule has 1 aromatic heterocycles. The maximum Gasteiger partial charge on any atom is 0.182 e. The van der Waals surface area contributed by atoms with Crippen LogP contribution < -0.4 is 4.74 Å². The van der Waals surface area contributed by atoms with Crippen molar-refractivity contribution in [3.63, 3.8) is 0 Å². The Morgan fingerprint density at radius 1 is 0.800 bits per heavy atom. The number of rotatable bonds is 6. The van der Waals surface area contributed by atoms with Crippen LogP contribution in [0.15, 0.2) is 97.1 Å². The fraction of sp³-hybridized carbons (Fsp3) is 0.0769. The summed E-state index contributed by atoms with van der Waals surface area (Å²) in [6.45, 7) is 0.503. The van der Waals surface area contributed by atoms with Gasteiger partial charge < -0.3 is 9.30 Å². The molecule has 0 N–H and O–H groups in total. The largest absolute Gasteiger partial charge is 0.485 e. The van der Waals surface area contributed by atoms with Crippen molar-refractivity contribution in [2.75, 3.05) is 0 Å². The molecule has 5 rings (SSSR count). The van der Waals surface area contributed by atoms with Crippen LogP contribution in [0.2, 0.25) is 0 Å². The average molecular weight is 392 g/mol. The van der Waals surface area contributed by atoms with Gasteiger partial charge in [-0.3, -0.25) is 4.79 Å². The van der Waals surface area contributed by atoms with Gasteiger partial charge in [0.2, 0.25) is 0 Å². The molecule has 146 valence electrons. The normalized spacial score (nSPS) is 11.1. The molecule has 30 heavy (non-hydrogen) atoms. The first kappa shape index (κ1) is 18.1. The highest BCUT2D eigenvalue weighted by Gasteiger charge is 2.15. The van der Waals surface area contributed by atoms with Crippen LogP contribution >= 0.6 is 0 Å². The van der Waals surface area contributed by atoms with Crippen LogP contribution in [0.25, 0.3) is 21.8 Å². The van der Waals surface area contributed by atoms with Crippen LogP contribution in [-0.2, 0) is 13.2 Å². The zero-order chi connectivity index (χ0) is 20.3. The smallest absolute Gasteiger partial charge is 0.182 e. The topological polar surface area (TPSA) is 44.1 Å². The fourth-order valence-corrected chi connectivity index (χ4v) is 3.73.